The molecular formula is C49H65N3O7. The highest BCUT2D eigenvalue weighted by Crippen LogP contribution is 2.39. The van der Waals surface area contributed by atoms with Crippen LogP contribution in [0.15, 0.2) is 72.1 Å². The number of aliphatic hydroxyl groups excluding tert-OH is 3. The first-order chi connectivity index (χ1) is 28.6. The molecule has 59 heavy (non-hydrogen) atoms. The second-order valence-electron chi connectivity index (χ2n) is 17.2. The SMILES string of the molecule is COc1cc2c(cc1O)[C@H](CC[C@H](O)C[C@H](/C=C/c1ccccc1)C1=CCNC(N)=C1)C#C[C@H]([C@H](O)CCC[C@H](CCCO)[C@@H]1CN[C@@H]3CC(=O)CC[C@@H]3C1)C(=O)CC2. The largest absolute Gasteiger partial charge is 0.504 e. The van der Waals surface area contributed by atoms with Crippen LogP contribution < -0.4 is 21.1 Å². The standard InChI is InChI=1S/C49H65N3O7/c1-59-48-27-37-17-21-46(57)42(45(56)11-5-9-33(10-6-24-53)39-25-38-15-19-41(55)29-44(38)52-31-39)20-16-34(43(37)30-47(48)58)14-18-40(54)26-35(36-22-23-51-49(50)28-36)13-12-32-7-3-2-4-8-32/h2-4,7-8,12-13,22,27-28,30,33-35,38-40,42,44-45,51-54,56,58H,5-6,9-11,14-15,17-19,21,23-26,29,31,50H2,1H3/b13-12+/t33-,34-,35+,38-,39+,40+,42-,44-,45-/m1/s1. The Morgan fingerprint density at radius 3 is 2.61 bits per heavy atom. The second-order valence-corrected chi connectivity index (χ2v) is 17.2. The number of phenols is 1. The number of Topliss-reactive ketones (excluding diaryl/α,β-unsaturated/α-hetero) is 2. The maximum absolute atomic E-state index is 13.8. The summed E-state index contributed by atoms with van der Waals surface area (Å²) in [5, 5.41) is 50.6. The highest BCUT2D eigenvalue weighted by Gasteiger charge is 2.37. The fourth-order valence-corrected chi connectivity index (χ4v) is 9.79. The van der Waals surface area contributed by atoms with Gasteiger partial charge in [0, 0.05) is 50.3 Å². The van der Waals surface area contributed by atoms with E-state index in [1.165, 1.54) is 7.11 Å². The fraction of sp³-hybridized carbons (Fsp3) is 0.551. The quantitative estimate of drug-likeness (QED) is 0.0876. The van der Waals surface area contributed by atoms with Gasteiger partial charge < -0.3 is 41.5 Å². The van der Waals surface area contributed by atoms with Crippen molar-refractivity contribution in [2.45, 2.75) is 114 Å². The summed E-state index contributed by atoms with van der Waals surface area (Å²) in [4.78, 5) is 25.9. The number of ether oxygens (including phenoxy) is 1. The van der Waals surface area contributed by atoms with Gasteiger partial charge in [-0.05, 0) is 123 Å². The summed E-state index contributed by atoms with van der Waals surface area (Å²) in [5.74, 6) is 7.73. The van der Waals surface area contributed by atoms with Gasteiger partial charge in [0.2, 0.25) is 0 Å². The number of fused-ring (bicyclic) bond motifs is 2. The summed E-state index contributed by atoms with van der Waals surface area (Å²) in [6.45, 7) is 1.62. The molecule has 0 spiro atoms. The third-order valence-electron chi connectivity index (χ3n) is 13.2. The second kappa shape index (κ2) is 21.7. The highest BCUT2D eigenvalue weighted by molar-refractivity contribution is 5.85. The van der Waals surface area contributed by atoms with Gasteiger partial charge in [-0.15, -0.1) is 0 Å². The van der Waals surface area contributed by atoms with Gasteiger partial charge in [-0.3, -0.25) is 9.59 Å². The molecule has 2 aliphatic heterocycles. The van der Waals surface area contributed by atoms with Crippen LogP contribution in [0, 0.1) is 41.4 Å². The lowest BCUT2D eigenvalue weighted by atomic mass is 9.70. The van der Waals surface area contributed by atoms with Crippen LogP contribution in [0.4, 0.5) is 0 Å². The Hall–Kier alpha value is -4.40. The van der Waals surface area contributed by atoms with Gasteiger partial charge in [0.05, 0.1) is 25.1 Å². The highest BCUT2D eigenvalue weighted by atomic mass is 16.5. The Labute approximate surface area is 350 Å². The molecule has 2 aromatic carbocycles. The zero-order chi connectivity index (χ0) is 41.7. The van der Waals surface area contributed by atoms with Crippen LogP contribution in [0.2, 0.25) is 0 Å². The van der Waals surface area contributed by atoms with Crippen LogP contribution in [-0.4, -0.2) is 77.0 Å². The van der Waals surface area contributed by atoms with Crippen LogP contribution in [0.1, 0.15) is 106 Å². The summed E-state index contributed by atoms with van der Waals surface area (Å²) in [6.07, 6.45) is 15.6. The molecule has 0 unspecified atom stereocenters. The average Bonchev–Trinajstić information content (AvgIpc) is 3.30. The average molecular weight is 808 g/mol. The molecule has 2 heterocycles. The van der Waals surface area contributed by atoms with E-state index in [0.717, 1.165) is 67.3 Å². The van der Waals surface area contributed by atoms with Gasteiger partial charge in [-0.1, -0.05) is 73.2 Å². The van der Waals surface area contributed by atoms with Gasteiger partial charge in [0.1, 0.15) is 11.7 Å². The molecular weight excluding hydrogens is 743 g/mol. The molecule has 1 saturated heterocycles. The van der Waals surface area contributed by atoms with E-state index < -0.39 is 24.0 Å². The van der Waals surface area contributed by atoms with E-state index in [1.54, 1.807) is 12.1 Å². The number of nitrogens with two attached hydrogens (primary N) is 1. The maximum atomic E-state index is 13.8. The Bertz CT molecular complexity index is 1880. The first-order valence-electron chi connectivity index (χ1n) is 21.9. The molecule has 0 bridgehead atoms. The number of carbonyl (C=O) groups excluding carboxylic acids is 2. The van der Waals surface area contributed by atoms with E-state index in [-0.39, 0.29) is 36.5 Å². The van der Waals surface area contributed by atoms with Crippen LogP contribution in [0.25, 0.3) is 6.08 Å². The van der Waals surface area contributed by atoms with E-state index in [9.17, 15) is 30.0 Å². The van der Waals surface area contributed by atoms with Crippen molar-refractivity contribution in [2.75, 3.05) is 26.8 Å². The summed E-state index contributed by atoms with van der Waals surface area (Å²) >= 11 is 0. The monoisotopic (exact) mass is 807 g/mol. The van der Waals surface area contributed by atoms with Crippen molar-refractivity contribution in [3.8, 4) is 23.3 Å². The summed E-state index contributed by atoms with van der Waals surface area (Å²) in [6, 6.07) is 13.8. The molecule has 2 aliphatic carbocycles. The van der Waals surface area contributed by atoms with Gasteiger partial charge in [-0.25, -0.2) is 0 Å². The third-order valence-corrected chi connectivity index (χ3v) is 13.2. The molecule has 6 rings (SSSR count). The fourth-order valence-electron chi connectivity index (χ4n) is 9.79. The number of nitrogens with one attached hydrogen (secondary N) is 2. The molecule has 0 aromatic heterocycles. The minimum absolute atomic E-state index is 0.00879. The molecule has 4 aliphatic rings. The van der Waals surface area contributed by atoms with Crippen molar-refractivity contribution in [3.05, 3.63) is 88.8 Å². The molecule has 318 valence electrons. The van der Waals surface area contributed by atoms with Gasteiger partial charge in [0.25, 0.3) is 0 Å². The van der Waals surface area contributed by atoms with Gasteiger partial charge >= 0.3 is 0 Å². The summed E-state index contributed by atoms with van der Waals surface area (Å²) < 4.78 is 5.45. The Morgan fingerprint density at radius 2 is 1.83 bits per heavy atom. The number of aryl methyl sites for hydroxylation is 1. The third kappa shape index (κ3) is 12.3. The predicted molar refractivity (Wildman–Crippen MR) is 231 cm³/mol. The smallest absolute Gasteiger partial charge is 0.160 e. The minimum Gasteiger partial charge on any atom is -0.504 e. The molecule has 0 amide bonds. The van der Waals surface area contributed by atoms with E-state index in [1.807, 2.05) is 36.4 Å². The Kier molecular flexibility index (Phi) is 16.3. The van der Waals surface area contributed by atoms with E-state index in [4.69, 9.17) is 10.5 Å². The maximum Gasteiger partial charge on any atom is 0.160 e. The number of allylic oxidation sites excluding steroid dienone is 3. The van der Waals surface area contributed by atoms with Crippen molar-refractivity contribution < 1.29 is 34.8 Å². The zero-order valence-electron chi connectivity index (χ0n) is 34.7. The van der Waals surface area contributed by atoms with Crippen LogP contribution in [0.3, 0.4) is 0 Å². The first-order valence-corrected chi connectivity index (χ1v) is 21.9. The molecule has 2 fully saturated rings. The number of dihydropyridines is 1. The zero-order valence-corrected chi connectivity index (χ0v) is 34.7. The number of hydrogen-bond donors (Lipinski definition) is 7. The number of hydrogen-bond acceptors (Lipinski definition) is 10. The molecule has 1 saturated carbocycles. The normalized spacial score (nSPS) is 25.3. The number of aromatic hydroxyl groups is 1. The molecule has 0 radical (unpaired) electrons. The predicted octanol–water partition coefficient (Wildman–Crippen LogP) is 6.08. The van der Waals surface area contributed by atoms with Crippen molar-refractivity contribution in [1.82, 2.24) is 10.6 Å². The Morgan fingerprint density at radius 1 is 1.02 bits per heavy atom. The number of rotatable bonds is 18. The van der Waals surface area contributed by atoms with Crippen molar-refractivity contribution in [1.29, 1.82) is 0 Å². The number of ketones is 2. The summed E-state index contributed by atoms with van der Waals surface area (Å²) in [7, 11) is 1.50. The van der Waals surface area contributed by atoms with Crippen molar-refractivity contribution >= 4 is 17.6 Å². The number of phenolic OH excluding ortho intramolecular Hbond substituents is 1. The van der Waals surface area contributed by atoms with Gasteiger partial charge in [0.15, 0.2) is 17.3 Å². The molecule has 9 atom stereocenters. The van der Waals surface area contributed by atoms with Crippen LogP contribution >= 0.6 is 0 Å². The first kappa shape index (κ1) is 44.2. The van der Waals surface area contributed by atoms with Crippen molar-refractivity contribution in [2.24, 2.45) is 35.3 Å². The lowest BCUT2D eigenvalue weighted by Gasteiger charge is -2.42. The van der Waals surface area contributed by atoms with E-state index in [2.05, 4.69) is 40.7 Å². The van der Waals surface area contributed by atoms with E-state index in [0.29, 0.717) is 86.6 Å². The number of benzene rings is 2. The minimum atomic E-state index is -0.932. The lowest BCUT2D eigenvalue weighted by Crippen LogP contribution is -2.50. The Balaban J connectivity index is 1.15. The molecule has 8 N–H and O–H groups in total. The molecule has 10 nitrogen and oxygen atoms in total. The number of methoxy groups -OCH3 is 1. The number of aliphatic hydroxyl groups is 3. The van der Waals surface area contributed by atoms with E-state index >= 15 is 0 Å². The summed E-state index contributed by atoms with van der Waals surface area (Å²) in [5.41, 5.74) is 9.92. The lowest BCUT2D eigenvalue weighted by molar-refractivity contribution is -0.124. The van der Waals surface area contributed by atoms with Gasteiger partial charge in [-0.2, -0.15) is 0 Å². The molecule has 10 heteroatoms. The van der Waals surface area contributed by atoms with Crippen molar-refractivity contribution in [3.63, 3.8) is 0 Å². The number of carbonyl (C=O) groups is 2. The molecule has 2 aromatic rings. The van der Waals surface area contributed by atoms with Crippen LogP contribution in [0.5, 0.6) is 11.5 Å². The number of piperidine rings is 1. The topological polar surface area (TPSA) is 174 Å². The van der Waals surface area contributed by atoms with Crippen LogP contribution in [-0.2, 0) is 16.0 Å².